The van der Waals surface area contributed by atoms with E-state index in [0.717, 1.165) is 6.26 Å². The number of hydrogen-bond acceptors (Lipinski definition) is 14. The fourth-order valence-electron chi connectivity index (χ4n) is 0.412. The van der Waals surface area contributed by atoms with Crippen LogP contribution in [0.25, 0.3) is 0 Å². The van der Waals surface area contributed by atoms with Crippen LogP contribution in [0.4, 0.5) is 14.4 Å². The Morgan fingerprint density at radius 3 is 0.795 bits per heavy atom. The molecule has 0 aromatic rings. The van der Waals surface area contributed by atoms with E-state index < -0.39 is 32.5 Å². The van der Waals surface area contributed by atoms with Crippen LogP contribution in [0.15, 0.2) is 0 Å². The van der Waals surface area contributed by atoms with E-state index in [4.69, 9.17) is 0 Å². The summed E-state index contributed by atoms with van der Waals surface area (Å²) >= 11 is 0. The fraction of sp³-hybridized carbons (Fsp3) is 0.762. The minimum absolute atomic E-state index is 0.00463. The van der Waals surface area contributed by atoms with E-state index in [2.05, 4.69) is 59.1 Å². The Kier molecular flexibility index (Phi) is 63.1. The van der Waals surface area contributed by atoms with Gasteiger partial charge in [0, 0.05) is 70.4 Å². The van der Waals surface area contributed by atoms with Gasteiger partial charge in [0.05, 0.1) is 34.7 Å². The molecule has 0 unspecified atom stereocenters. The molecule has 23 heteroatoms. The van der Waals surface area contributed by atoms with Crippen molar-refractivity contribution in [1.29, 1.82) is 0 Å². The summed E-state index contributed by atoms with van der Waals surface area (Å²) in [7, 11) is 12.7. The van der Waals surface area contributed by atoms with Crippen LogP contribution in [0, 0.1) is 0 Å². The number of ether oxygens (including phenoxy) is 5. The number of carbonyl (C=O) groups excluding carboxylic acids is 5. The van der Waals surface area contributed by atoms with Crippen molar-refractivity contribution in [2.24, 2.45) is 0 Å². The molecule has 21 nitrogen and oxygen atoms in total. The summed E-state index contributed by atoms with van der Waals surface area (Å²) in [5, 5.41) is 9.37. The average Bonchev–Trinajstić information content (AvgIpc) is 3.01. The van der Waals surface area contributed by atoms with Gasteiger partial charge in [0.2, 0.25) is 15.9 Å². The summed E-state index contributed by atoms with van der Waals surface area (Å²) in [5.41, 5.74) is 0. The van der Waals surface area contributed by atoms with Gasteiger partial charge in [-0.05, 0) is 7.05 Å². The molecule has 0 radical (unpaired) electrons. The van der Waals surface area contributed by atoms with Gasteiger partial charge in [-0.1, -0.05) is 0 Å². The maximum atomic E-state index is 10.1. The molecule has 0 aliphatic heterocycles. The second kappa shape index (κ2) is 46.4. The largest absolute Gasteiger partial charge is 0.507 e. The van der Waals surface area contributed by atoms with E-state index in [1.807, 2.05) is 0 Å². The standard InChI is InChI=1S/C3H8N2O.C3H7NO2.C3H7NO.C3H6O3.C3H6O2.C2H8N2O2S.C2H7NO2S.C2H6O/c1-4-3(6)5-2;1-4-3(5)6-2;1-3(5)4-2;1-5-3(4)6-2;1-3(4)5-2;1-3-7(5,6)4-2;1-3-6(2,4)5;1-3-2/h1-2H3,(H2,4,5,6);1-2H3,(H,4,5);1-2H3,(H,4,5);1-2H3;1-2H3;3-4H,1-2H3;3H,1-2H3;1-2H3. The lowest BCUT2D eigenvalue weighted by Crippen LogP contribution is -2.30. The average molecular weight is 694 g/mol. The number of amides is 4. The molecule has 0 fully saturated rings. The molecule has 270 valence electrons. The summed E-state index contributed by atoms with van der Waals surface area (Å²) in [6.45, 7) is 2.83. The summed E-state index contributed by atoms with van der Waals surface area (Å²) in [5.74, 6) is -0.241. The van der Waals surface area contributed by atoms with Crippen molar-refractivity contribution in [3.8, 4) is 0 Å². The summed E-state index contributed by atoms with van der Waals surface area (Å²) in [6.07, 6.45) is 0.0394. The van der Waals surface area contributed by atoms with Gasteiger partial charge in [0.1, 0.15) is 0 Å². The molecular weight excluding hydrogens is 638 g/mol. The summed E-state index contributed by atoms with van der Waals surface area (Å²) in [4.78, 5) is 48.8. The molecule has 0 aliphatic carbocycles. The number of hydrogen-bond donors (Lipinski definition) is 7. The van der Waals surface area contributed by atoms with Crippen LogP contribution in [0.2, 0.25) is 0 Å². The quantitative estimate of drug-likeness (QED) is 0.124. The Morgan fingerprint density at radius 2 is 0.795 bits per heavy atom. The van der Waals surface area contributed by atoms with E-state index >= 15 is 0 Å². The van der Waals surface area contributed by atoms with Crippen LogP contribution in [0.1, 0.15) is 13.8 Å². The van der Waals surface area contributed by atoms with Crippen LogP contribution in [-0.2, 0) is 53.5 Å². The van der Waals surface area contributed by atoms with E-state index in [0.29, 0.717) is 0 Å². The van der Waals surface area contributed by atoms with Crippen molar-refractivity contribution < 1.29 is 64.5 Å². The predicted molar refractivity (Wildman–Crippen MR) is 166 cm³/mol. The third-order valence-electron chi connectivity index (χ3n) is 2.72. The van der Waals surface area contributed by atoms with E-state index in [9.17, 15) is 40.8 Å². The first-order valence-corrected chi connectivity index (χ1v) is 14.8. The zero-order valence-electron chi connectivity index (χ0n) is 28.5. The van der Waals surface area contributed by atoms with Gasteiger partial charge in [-0.15, -0.1) is 0 Å². The first kappa shape index (κ1) is 59.8. The smallest absolute Gasteiger partial charge is 0.469 e. The molecule has 0 bridgehead atoms. The van der Waals surface area contributed by atoms with Crippen molar-refractivity contribution in [2.45, 2.75) is 13.8 Å². The number of carbonyl (C=O) groups is 5. The molecule has 0 atom stereocenters. The molecular formula is C21H55N7O14S2. The zero-order valence-corrected chi connectivity index (χ0v) is 30.2. The van der Waals surface area contributed by atoms with Crippen LogP contribution in [0.5, 0.6) is 0 Å². The SMILES string of the molecule is CNC(=O)NC.CNC(=O)OC.CNC(C)=O.CNS(=O)(=O)NC.CNS(C)(=O)=O.COC.COC(=O)OC.COC(C)=O. The topological polar surface area (TPSA) is 284 Å². The molecule has 0 saturated carbocycles. The highest BCUT2D eigenvalue weighted by Gasteiger charge is 1.96. The Labute approximate surface area is 262 Å². The first-order valence-electron chi connectivity index (χ1n) is 11.5. The van der Waals surface area contributed by atoms with Gasteiger partial charge in [0.25, 0.3) is 10.2 Å². The molecule has 0 aromatic heterocycles. The first-order chi connectivity index (χ1) is 20.1. The van der Waals surface area contributed by atoms with E-state index in [-0.39, 0.29) is 17.9 Å². The highest BCUT2D eigenvalue weighted by Crippen LogP contribution is 1.72. The minimum atomic E-state index is -3.16. The number of rotatable bonds is 3. The Morgan fingerprint density at radius 1 is 0.523 bits per heavy atom. The van der Waals surface area contributed by atoms with Crippen molar-refractivity contribution in [3.63, 3.8) is 0 Å². The van der Waals surface area contributed by atoms with Gasteiger partial charge in [-0.25, -0.2) is 37.0 Å². The van der Waals surface area contributed by atoms with Gasteiger partial charge in [-0.2, -0.15) is 8.42 Å². The second-order valence-corrected chi connectivity index (χ2v) is 9.80. The molecule has 0 heterocycles. The van der Waals surface area contributed by atoms with Crippen molar-refractivity contribution in [1.82, 2.24) is 35.4 Å². The number of methoxy groups -OCH3 is 5. The van der Waals surface area contributed by atoms with Crippen molar-refractivity contribution in [3.05, 3.63) is 0 Å². The van der Waals surface area contributed by atoms with Crippen LogP contribution in [0.3, 0.4) is 0 Å². The second-order valence-electron chi connectivity index (χ2n) is 6.03. The van der Waals surface area contributed by atoms with Crippen molar-refractivity contribution in [2.75, 3.05) is 98.2 Å². The lowest BCUT2D eigenvalue weighted by Gasteiger charge is -1.94. The predicted octanol–water partition coefficient (Wildman–Crippen LogP) is -2.05. The Balaban J connectivity index is -0.0000000565. The van der Waals surface area contributed by atoms with Crippen LogP contribution >= 0.6 is 0 Å². The molecule has 0 rings (SSSR count). The molecule has 0 aliphatic rings. The highest BCUT2D eigenvalue weighted by atomic mass is 32.2. The lowest BCUT2D eigenvalue weighted by atomic mass is 10.7. The molecule has 4 amide bonds. The Bertz CT molecular complexity index is 809. The zero-order chi connectivity index (χ0) is 37.4. The fourth-order valence-corrected chi connectivity index (χ4v) is 0.617. The number of nitrogens with one attached hydrogen (secondary N) is 7. The molecule has 0 spiro atoms. The molecule has 7 N–H and O–H groups in total. The maximum absolute atomic E-state index is 10.1. The summed E-state index contributed by atoms with van der Waals surface area (Å²) < 4.78 is 66.8. The van der Waals surface area contributed by atoms with Crippen LogP contribution < -0.4 is 35.4 Å². The Hall–Kier alpha value is -3.51. The van der Waals surface area contributed by atoms with E-state index in [1.165, 1.54) is 70.5 Å². The third-order valence-corrected chi connectivity index (χ3v) is 4.54. The summed E-state index contributed by atoms with van der Waals surface area (Å²) in [6, 6.07) is -0.157. The molecule has 0 saturated heterocycles. The molecule has 0 aromatic carbocycles. The maximum Gasteiger partial charge on any atom is 0.507 e. The minimum Gasteiger partial charge on any atom is -0.469 e. The molecule has 44 heavy (non-hydrogen) atoms. The number of alkyl carbamates (subject to hydrolysis) is 1. The number of esters is 1. The highest BCUT2D eigenvalue weighted by molar-refractivity contribution is 7.88. The van der Waals surface area contributed by atoms with Crippen LogP contribution in [-0.4, -0.2) is 145 Å². The van der Waals surface area contributed by atoms with Gasteiger partial charge >= 0.3 is 24.2 Å². The number of urea groups is 1. The van der Waals surface area contributed by atoms with Gasteiger partial charge in [-0.3, -0.25) is 9.59 Å². The number of sulfonamides is 1. The third kappa shape index (κ3) is 117. The van der Waals surface area contributed by atoms with Crippen molar-refractivity contribution >= 4 is 50.4 Å². The normalized spacial score (nSPS) is 8.27. The van der Waals surface area contributed by atoms with E-state index in [1.54, 1.807) is 35.4 Å². The lowest BCUT2D eigenvalue weighted by molar-refractivity contribution is -0.138. The van der Waals surface area contributed by atoms with Gasteiger partial charge in [0.15, 0.2) is 0 Å². The monoisotopic (exact) mass is 693 g/mol. The van der Waals surface area contributed by atoms with Gasteiger partial charge < -0.3 is 45.0 Å².